The van der Waals surface area contributed by atoms with E-state index >= 15 is 0 Å². The van der Waals surface area contributed by atoms with Crippen LogP contribution in [-0.2, 0) is 9.59 Å². The molecule has 1 aromatic carbocycles. The zero-order valence-corrected chi connectivity index (χ0v) is 12.0. The minimum Gasteiger partial charge on any atom is -0.376 e. The second-order valence-corrected chi connectivity index (χ2v) is 4.84. The van der Waals surface area contributed by atoms with Crippen LogP contribution in [0.15, 0.2) is 28.7 Å². The fourth-order valence-electron chi connectivity index (χ4n) is 1.14. The molecule has 2 N–H and O–H groups in total. The van der Waals surface area contributed by atoms with Crippen LogP contribution < -0.4 is 10.6 Å². The molecule has 0 aliphatic carbocycles. The Kier molecular flexibility index (Phi) is 5.64. The maximum absolute atomic E-state index is 11.5. The number of nitrogens with one attached hydrogen (secondary N) is 2. The highest BCUT2D eigenvalue weighted by molar-refractivity contribution is 9.10. The van der Waals surface area contributed by atoms with Crippen molar-refractivity contribution in [2.24, 2.45) is 0 Å². The molecule has 0 saturated heterocycles. The Morgan fingerprint density at radius 2 is 1.78 bits per heavy atom. The summed E-state index contributed by atoms with van der Waals surface area (Å²) in [6.45, 7) is 0.163. The normalized spacial score (nSPS) is 9.72. The standard InChI is InChI=1S/C12H16BrN3O2/c1-16(2)12(18)8-15-11(17)7-14-10-5-3-9(13)4-6-10/h3-6,14H,7-8H2,1-2H3,(H,15,17). The molecule has 0 fully saturated rings. The van der Waals surface area contributed by atoms with Crippen LogP contribution in [-0.4, -0.2) is 43.9 Å². The summed E-state index contributed by atoms with van der Waals surface area (Å²) in [5.41, 5.74) is 0.854. The summed E-state index contributed by atoms with van der Waals surface area (Å²) >= 11 is 3.33. The third-order valence-electron chi connectivity index (χ3n) is 2.23. The lowest BCUT2D eigenvalue weighted by Gasteiger charge is -2.11. The first-order valence-corrected chi connectivity index (χ1v) is 6.24. The molecular formula is C12H16BrN3O2. The molecule has 0 spiro atoms. The van der Waals surface area contributed by atoms with Crippen LogP contribution in [0.4, 0.5) is 5.69 Å². The molecular weight excluding hydrogens is 298 g/mol. The van der Waals surface area contributed by atoms with E-state index in [1.807, 2.05) is 24.3 Å². The molecule has 18 heavy (non-hydrogen) atoms. The zero-order valence-electron chi connectivity index (χ0n) is 10.4. The number of halogens is 1. The number of hydrogen-bond donors (Lipinski definition) is 2. The first-order valence-electron chi connectivity index (χ1n) is 5.45. The van der Waals surface area contributed by atoms with E-state index < -0.39 is 0 Å². The molecule has 0 aromatic heterocycles. The fraction of sp³-hybridized carbons (Fsp3) is 0.333. The van der Waals surface area contributed by atoms with E-state index in [1.165, 1.54) is 4.90 Å². The van der Waals surface area contributed by atoms with Crippen LogP contribution >= 0.6 is 15.9 Å². The molecule has 5 nitrogen and oxygen atoms in total. The predicted octanol–water partition coefficient (Wildman–Crippen LogP) is 1.07. The monoisotopic (exact) mass is 313 g/mol. The fourth-order valence-corrected chi connectivity index (χ4v) is 1.41. The van der Waals surface area contributed by atoms with Gasteiger partial charge in [-0.1, -0.05) is 15.9 Å². The molecule has 0 unspecified atom stereocenters. The highest BCUT2D eigenvalue weighted by Gasteiger charge is 2.06. The number of nitrogens with zero attached hydrogens (tertiary/aromatic N) is 1. The van der Waals surface area contributed by atoms with E-state index in [9.17, 15) is 9.59 Å². The molecule has 0 bridgehead atoms. The van der Waals surface area contributed by atoms with Crippen molar-refractivity contribution in [2.75, 3.05) is 32.5 Å². The van der Waals surface area contributed by atoms with E-state index in [0.717, 1.165) is 10.2 Å². The molecule has 1 rings (SSSR count). The van der Waals surface area contributed by atoms with Crippen LogP contribution in [0.3, 0.4) is 0 Å². The van der Waals surface area contributed by atoms with Gasteiger partial charge in [-0.2, -0.15) is 0 Å². The van der Waals surface area contributed by atoms with Gasteiger partial charge in [0.25, 0.3) is 0 Å². The van der Waals surface area contributed by atoms with Crippen molar-refractivity contribution in [1.82, 2.24) is 10.2 Å². The number of hydrogen-bond acceptors (Lipinski definition) is 3. The highest BCUT2D eigenvalue weighted by Crippen LogP contribution is 2.13. The van der Waals surface area contributed by atoms with Crippen molar-refractivity contribution in [3.8, 4) is 0 Å². The van der Waals surface area contributed by atoms with Crippen molar-refractivity contribution in [3.63, 3.8) is 0 Å². The Morgan fingerprint density at radius 3 is 2.33 bits per heavy atom. The number of anilines is 1. The van der Waals surface area contributed by atoms with Gasteiger partial charge in [-0.15, -0.1) is 0 Å². The van der Waals surface area contributed by atoms with Crippen molar-refractivity contribution >= 4 is 33.4 Å². The minimum atomic E-state index is -0.215. The van der Waals surface area contributed by atoms with E-state index in [1.54, 1.807) is 14.1 Å². The molecule has 0 aliphatic rings. The molecule has 2 amide bonds. The van der Waals surface area contributed by atoms with Gasteiger partial charge in [0.15, 0.2) is 0 Å². The van der Waals surface area contributed by atoms with Gasteiger partial charge in [-0.25, -0.2) is 0 Å². The summed E-state index contributed by atoms with van der Waals surface area (Å²) < 4.78 is 0.981. The first-order chi connectivity index (χ1) is 8.49. The maximum atomic E-state index is 11.5. The molecule has 1 aromatic rings. The van der Waals surface area contributed by atoms with Crippen LogP contribution in [0.2, 0.25) is 0 Å². The molecule has 0 saturated carbocycles. The van der Waals surface area contributed by atoms with Gasteiger partial charge in [-0.05, 0) is 24.3 Å². The third-order valence-corrected chi connectivity index (χ3v) is 2.76. The smallest absolute Gasteiger partial charge is 0.241 e. The van der Waals surface area contributed by atoms with Crippen LogP contribution in [0.5, 0.6) is 0 Å². The van der Waals surface area contributed by atoms with Crippen molar-refractivity contribution in [1.29, 1.82) is 0 Å². The summed E-state index contributed by atoms with van der Waals surface area (Å²) in [6, 6.07) is 7.50. The third kappa shape index (κ3) is 5.18. The van der Waals surface area contributed by atoms with Crippen LogP contribution in [0.1, 0.15) is 0 Å². The molecule has 98 valence electrons. The number of benzene rings is 1. The van der Waals surface area contributed by atoms with Crippen molar-refractivity contribution < 1.29 is 9.59 Å². The second-order valence-electron chi connectivity index (χ2n) is 3.93. The van der Waals surface area contributed by atoms with Gasteiger partial charge in [0.05, 0.1) is 13.1 Å². The van der Waals surface area contributed by atoms with E-state index in [2.05, 4.69) is 26.6 Å². The van der Waals surface area contributed by atoms with Crippen LogP contribution in [0.25, 0.3) is 0 Å². The summed E-state index contributed by atoms with van der Waals surface area (Å²) in [5, 5.41) is 5.51. The number of likely N-dealkylation sites (N-methyl/N-ethyl adjacent to an activating group) is 1. The number of rotatable bonds is 5. The minimum absolute atomic E-state index is 0.0217. The second kappa shape index (κ2) is 7.00. The summed E-state index contributed by atoms with van der Waals surface area (Å²) in [4.78, 5) is 24.1. The highest BCUT2D eigenvalue weighted by atomic mass is 79.9. The lowest BCUT2D eigenvalue weighted by Crippen LogP contribution is -2.38. The lowest BCUT2D eigenvalue weighted by molar-refractivity contribution is -0.130. The molecule has 6 heteroatoms. The van der Waals surface area contributed by atoms with E-state index in [0.29, 0.717) is 0 Å². The zero-order chi connectivity index (χ0) is 13.5. The number of carbonyl (C=O) groups is 2. The van der Waals surface area contributed by atoms with Crippen molar-refractivity contribution in [2.45, 2.75) is 0 Å². The number of amides is 2. The Bertz CT molecular complexity index is 418. The quantitative estimate of drug-likeness (QED) is 0.854. The molecule has 0 aliphatic heterocycles. The Labute approximate surface area is 115 Å². The van der Waals surface area contributed by atoms with Crippen LogP contribution in [0, 0.1) is 0 Å². The van der Waals surface area contributed by atoms with Gasteiger partial charge in [0.1, 0.15) is 0 Å². The molecule has 0 atom stereocenters. The van der Waals surface area contributed by atoms with E-state index in [4.69, 9.17) is 0 Å². The molecule has 0 radical (unpaired) electrons. The van der Waals surface area contributed by atoms with Gasteiger partial charge < -0.3 is 15.5 Å². The Hall–Kier alpha value is -1.56. The Balaban J connectivity index is 2.29. The molecule has 0 heterocycles. The predicted molar refractivity (Wildman–Crippen MR) is 74.3 cm³/mol. The average Bonchev–Trinajstić information content (AvgIpc) is 2.35. The topological polar surface area (TPSA) is 61.4 Å². The summed E-state index contributed by atoms with van der Waals surface area (Å²) in [5.74, 6) is -0.347. The van der Waals surface area contributed by atoms with Gasteiger partial charge >= 0.3 is 0 Å². The van der Waals surface area contributed by atoms with Gasteiger partial charge in [0, 0.05) is 24.3 Å². The van der Waals surface area contributed by atoms with Gasteiger partial charge in [0.2, 0.25) is 11.8 Å². The summed E-state index contributed by atoms with van der Waals surface area (Å²) in [6.07, 6.45) is 0. The lowest BCUT2D eigenvalue weighted by atomic mass is 10.3. The first kappa shape index (κ1) is 14.5. The van der Waals surface area contributed by atoms with E-state index in [-0.39, 0.29) is 24.9 Å². The largest absolute Gasteiger partial charge is 0.376 e. The van der Waals surface area contributed by atoms with Gasteiger partial charge in [-0.3, -0.25) is 9.59 Å². The SMILES string of the molecule is CN(C)C(=O)CNC(=O)CNc1ccc(Br)cc1. The summed E-state index contributed by atoms with van der Waals surface area (Å²) in [7, 11) is 3.29. The average molecular weight is 314 g/mol. The maximum Gasteiger partial charge on any atom is 0.241 e. The number of carbonyl (C=O) groups excluding carboxylic acids is 2. The van der Waals surface area contributed by atoms with Crippen molar-refractivity contribution in [3.05, 3.63) is 28.7 Å². The Morgan fingerprint density at radius 1 is 1.17 bits per heavy atom.